The minimum atomic E-state index is -1.32. The van der Waals surface area contributed by atoms with Crippen LogP contribution in [0.15, 0.2) is 54.6 Å². The number of carboxylic acid groups (broad SMARTS) is 1. The average molecular weight is 337 g/mol. The van der Waals surface area contributed by atoms with Crippen LogP contribution < -0.4 is 10.0 Å². The maximum atomic E-state index is 11.8. The molecule has 0 atom stereocenters. The first-order chi connectivity index (χ1) is 12.1. The molecule has 2 aromatic carbocycles. The molecule has 2 aromatic rings. The van der Waals surface area contributed by atoms with Crippen LogP contribution in [0.5, 0.6) is 0 Å². The highest BCUT2D eigenvalue weighted by molar-refractivity contribution is 5.92. The molecule has 0 saturated carbocycles. The van der Waals surface area contributed by atoms with E-state index in [1.165, 1.54) is 11.1 Å². The Morgan fingerprint density at radius 1 is 0.840 bits per heavy atom. The second-order valence-corrected chi connectivity index (χ2v) is 6.25. The number of hydrogen-bond donors (Lipinski definition) is 0. The van der Waals surface area contributed by atoms with Crippen molar-refractivity contribution in [3.63, 3.8) is 0 Å². The zero-order valence-electron chi connectivity index (χ0n) is 14.1. The summed E-state index contributed by atoms with van der Waals surface area (Å²) in [7, 11) is 0. The molecular weight excluding hydrogens is 316 g/mol. The summed E-state index contributed by atoms with van der Waals surface area (Å²) in [6, 6.07) is 18.8. The molecule has 5 heteroatoms. The highest BCUT2D eigenvalue weighted by atomic mass is 16.4. The number of anilines is 1. The van der Waals surface area contributed by atoms with E-state index >= 15 is 0 Å². The molecule has 5 nitrogen and oxygen atoms in total. The second-order valence-electron chi connectivity index (χ2n) is 6.25. The SMILES string of the molecule is O=C([O-])CC(=O)N1CCN(c2ccc(Cc3ccccc3)cc2)CC1. The van der Waals surface area contributed by atoms with E-state index in [1.54, 1.807) is 4.90 Å². The Balaban J connectivity index is 1.55. The van der Waals surface area contributed by atoms with Gasteiger partial charge in [-0.1, -0.05) is 42.5 Å². The highest BCUT2D eigenvalue weighted by Gasteiger charge is 2.21. The van der Waals surface area contributed by atoms with Crippen molar-refractivity contribution in [2.75, 3.05) is 31.1 Å². The zero-order chi connectivity index (χ0) is 17.6. The number of nitrogens with zero attached hydrogens (tertiary/aromatic N) is 2. The standard InChI is InChI=1S/C20H22N2O3/c23-19(15-20(24)25)22-12-10-21(11-13-22)18-8-6-17(7-9-18)14-16-4-2-1-3-5-16/h1-9H,10-15H2,(H,24,25)/p-1. The summed E-state index contributed by atoms with van der Waals surface area (Å²) in [4.78, 5) is 26.1. The van der Waals surface area contributed by atoms with Gasteiger partial charge in [-0.3, -0.25) is 4.79 Å². The first-order valence-electron chi connectivity index (χ1n) is 8.47. The quantitative estimate of drug-likeness (QED) is 0.766. The molecule has 0 aliphatic carbocycles. The molecule has 0 radical (unpaired) electrons. The van der Waals surface area contributed by atoms with Crippen molar-refractivity contribution < 1.29 is 14.7 Å². The van der Waals surface area contributed by atoms with Gasteiger partial charge in [-0.25, -0.2) is 0 Å². The van der Waals surface area contributed by atoms with Crippen LogP contribution in [0.1, 0.15) is 17.5 Å². The Bertz CT molecular complexity index is 720. The fourth-order valence-corrected chi connectivity index (χ4v) is 3.11. The van der Waals surface area contributed by atoms with Crippen LogP contribution in [-0.4, -0.2) is 43.0 Å². The fraction of sp³-hybridized carbons (Fsp3) is 0.300. The summed E-state index contributed by atoms with van der Waals surface area (Å²) >= 11 is 0. The van der Waals surface area contributed by atoms with Gasteiger partial charge in [-0.15, -0.1) is 0 Å². The summed E-state index contributed by atoms with van der Waals surface area (Å²) < 4.78 is 0. The lowest BCUT2D eigenvalue weighted by atomic mass is 10.0. The van der Waals surface area contributed by atoms with Crippen molar-refractivity contribution in [3.8, 4) is 0 Å². The maximum absolute atomic E-state index is 11.8. The molecular formula is C20H21N2O3-. The van der Waals surface area contributed by atoms with Crippen LogP contribution in [0.4, 0.5) is 5.69 Å². The summed E-state index contributed by atoms with van der Waals surface area (Å²) in [5, 5.41) is 10.5. The summed E-state index contributed by atoms with van der Waals surface area (Å²) in [5.41, 5.74) is 3.68. The minimum Gasteiger partial charge on any atom is -0.550 e. The van der Waals surface area contributed by atoms with Crippen molar-refractivity contribution in [2.45, 2.75) is 12.8 Å². The molecule has 1 saturated heterocycles. The fourth-order valence-electron chi connectivity index (χ4n) is 3.11. The molecule has 1 amide bonds. The van der Waals surface area contributed by atoms with Gasteiger partial charge in [0.2, 0.25) is 5.91 Å². The number of benzene rings is 2. The average Bonchev–Trinajstić information content (AvgIpc) is 2.63. The van der Waals surface area contributed by atoms with E-state index in [2.05, 4.69) is 41.3 Å². The molecule has 0 N–H and O–H groups in total. The van der Waals surface area contributed by atoms with Gasteiger partial charge in [0, 0.05) is 31.9 Å². The van der Waals surface area contributed by atoms with Crippen LogP contribution in [0.25, 0.3) is 0 Å². The van der Waals surface area contributed by atoms with Crippen LogP contribution in [0, 0.1) is 0 Å². The lowest BCUT2D eigenvalue weighted by molar-refractivity contribution is -0.304. The van der Waals surface area contributed by atoms with Gasteiger partial charge < -0.3 is 19.7 Å². The number of amides is 1. The largest absolute Gasteiger partial charge is 0.550 e. The molecule has 25 heavy (non-hydrogen) atoms. The third-order valence-electron chi connectivity index (χ3n) is 4.48. The van der Waals surface area contributed by atoms with E-state index < -0.39 is 12.4 Å². The lowest BCUT2D eigenvalue weighted by Crippen LogP contribution is -2.49. The molecule has 1 heterocycles. The normalized spacial score (nSPS) is 14.4. The van der Waals surface area contributed by atoms with Crippen LogP contribution in [-0.2, 0) is 16.0 Å². The molecule has 3 rings (SSSR count). The number of carbonyl (C=O) groups is 2. The van der Waals surface area contributed by atoms with Gasteiger partial charge in [-0.05, 0) is 29.7 Å². The van der Waals surface area contributed by atoms with Crippen LogP contribution in [0.3, 0.4) is 0 Å². The molecule has 0 unspecified atom stereocenters. The molecule has 0 spiro atoms. The van der Waals surface area contributed by atoms with Gasteiger partial charge >= 0.3 is 0 Å². The Labute approximate surface area is 147 Å². The number of rotatable bonds is 5. The van der Waals surface area contributed by atoms with E-state index in [4.69, 9.17) is 0 Å². The minimum absolute atomic E-state index is 0.363. The van der Waals surface area contributed by atoms with E-state index in [0.717, 1.165) is 12.1 Å². The number of carbonyl (C=O) groups excluding carboxylic acids is 2. The highest BCUT2D eigenvalue weighted by Crippen LogP contribution is 2.19. The van der Waals surface area contributed by atoms with E-state index in [1.807, 2.05) is 18.2 Å². The van der Waals surface area contributed by atoms with Crippen molar-refractivity contribution in [1.82, 2.24) is 4.90 Å². The second kappa shape index (κ2) is 7.83. The summed E-state index contributed by atoms with van der Waals surface area (Å²) in [6.45, 7) is 2.49. The lowest BCUT2D eigenvalue weighted by Gasteiger charge is -2.36. The Kier molecular flexibility index (Phi) is 5.33. The van der Waals surface area contributed by atoms with Gasteiger partial charge in [-0.2, -0.15) is 0 Å². The van der Waals surface area contributed by atoms with Crippen molar-refractivity contribution in [3.05, 3.63) is 65.7 Å². The Morgan fingerprint density at radius 3 is 2.04 bits per heavy atom. The van der Waals surface area contributed by atoms with Crippen molar-refractivity contribution >= 4 is 17.6 Å². The smallest absolute Gasteiger partial charge is 0.228 e. The molecule has 1 aliphatic rings. The van der Waals surface area contributed by atoms with E-state index in [-0.39, 0.29) is 5.91 Å². The predicted molar refractivity (Wildman–Crippen MR) is 94.1 cm³/mol. The van der Waals surface area contributed by atoms with Gasteiger partial charge in [0.1, 0.15) is 0 Å². The van der Waals surface area contributed by atoms with Crippen LogP contribution >= 0.6 is 0 Å². The number of hydrogen-bond acceptors (Lipinski definition) is 4. The summed E-state index contributed by atoms with van der Waals surface area (Å²) in [6.07, 6.45) is 0.376. The number of aliphatic carboxylic acids is 1. The monoisotopic (exact) mass is 337 g/mol. The van der Waals surface area contributed by atoms with Gasteiger partial charge in [0.05, 0.1) is 12.4 Å². The third kappa shape index (κ3) is 4.59. The number of piperazine rings is 1. The molecule has 0 bridgehead atoms. The Morgan fingerprint density at radius 2 is 1.44 bits per heavy atom. The van der Waals surface area contributed by atoms with Crippen molar-refractivity contribution in [2.24, 2.45) is 0 Å². The zero-order valence-corrected chi connectivity index (χ0v) is 14.1. The van der Waals surface area contributed by atoms with E-state index in [9.17, 15) is 14.7 Å². The molecule has 130 valence electrons. The predicted octanol–water partition coefficient (Wildman–Crippen LogP) is 1.07. The third-order valence-corrected chi connectivity index (χ3v) is 4.48. The molecule has 1 fully saturated rings. The molecule has 1 aliphatic heterocycles. The Hall–Kier alpha value is -2.82. The first-order valence-corrected chi connectivity index (χ1v) is 8.47. The molecule has 0 aromatic heterocycles. The number of carboxylic acids is 1. The van der Waals surface area contributed by atoms with Crippen molar-refractivity contribution in [1.29, 1.82) is 0 Å². The topological polar surface area (TPSA) is 63.7 Å². The first kappa shape index (κ1) is 17.0. The summed E-state index contributed by atoms with van der Waals surface area (Å²) in [5.74, 6) is -1.68. The van der Waals surface area contributed by atoms with Gasteiger partial charge in [0.15, 0.2) is 0 Å². The maximum Gasteiger partial charge on any atom is 0.228 e. The van der Waals surface area contributed by atoms with Gasteiger partial charge in [0.25, 0.3) is 0 Å². The van der Waals surface area contributed by atoms with E-state index in [0.29, 0.717) is 26.2 Å². The van der Waals surface area contributed by atoms with Crippen LogP contribution in [0.2, 0.25) is 0 Å².